The van der Waals surface area contributed by atoms with Crippen LogP contribution in [0.15, 0.2) is 12.1 Å². The van der Waals surface area contributed by atoms with Crippen LogP contribution >= 0.6 is 11.6 Å². The Morgan fingerprint density at radius 1 is 1.62 bits per heavy atom. The molecule has 5 heteroatoms. The van der Waals surface area contributed by atoms with Gasteiger partial charge in [0.15, 0.2) is 0 Å². The number of anilines is 1. The molecule has 0 saturated heterocycles. The first-order valence-electron chi connectivity index (χ1n) is 4.95. The lowest BCUT2D eigenvalue weighted by atomic mass is 10.0. The molecule has 0 heterocycles. The summed E-state index contributed by atoms with van der Waals surface area (Å²) in [5.41, 5.74) is 6.60. The molecule has 88 valence electrons. The summed E-state index contributed by atoms with van der Waals surface area (Å²) in [5.74, 6) is -0.398. The van der Waals surface area contributed by atoms with Crippen LogP contribution in [0.4, 0.5) is 10.1 Å². The molecule has 1 unspecified atom stereocenters. The van der Waals surface area contributed by atoms with Crippen LogP contribution in [0.2, 0.25) is 5.02 Å². The number of rotatable bonds is 5. The SMILES string of the molecule is CNc1c(F)cc(Cl)cc1CCC(N)C=O. The summed E-state index contributed by atoms with van der Waals surface area (Å²) in [6.45, 7) is 0. The van der Waals surface area contributed by atoms with Crippen molar-refractivity contribution in [1.29, 1.82) is 0 Å². The van der Waals surface area contributed by atoms with Gasteiger partial charge in [0.1, 0.15) is 12.1 Å². The molecule has 0 aliphatic heterocycles. The third-order valence-electron chi connectivity index (χ3n) is 2.31. The van der Waals surface area contributed by atoms with Gasteiger partial charge in [-0.05, 0) is 30.5 Å². The van der Waals surface area contributed by atoms with E-state index in [1.807, 2.05) is 0 Å². The monoisotopic (exact) mass is 244 g/mol. The van der Waals surface area contributed by atoms with Crippen LogP contribution in [0.25, 0.3) is 0 Å². The van der Waals surface area contributed by atoms with Crippen molar-refractivity contribution in [3.63, 3.8) is 0 Å². The van der Waals surface area contributed by atoms with E-state index in [2.05, 4.69) is 5.32 Å². The minimum atomic E-state index is -0.522. The molecule has 3 N–H and O–H groups in total. The molecule has 1 aromatic rings. The zero-order valence-corrected chi connectivity index (χ0v) is 9.72. The van der Waals surface area contributed by atoms with Gasteiger partial charge < -0.3 is 15.8 Å². The zero-order chi connectivity index (χ0) is 12.1. The summed E-state index contributed by atoms with van der Waals surface area (Å²) in [5, 5.41) is 3.11. The van der Waals surface area contributed by atoms with Crippen molar-refractivity contribution in [3.05, 3.63) is 28.5 Å². The van der Waals surface area contributed by atoms with Gasteiger partial charge in [-0.1, -0.05) is 11.6 Å². The Labute approximate surface area is 98.8 Å². The second-order valence-corrected chi connectivity index (χ2v) is 3.95. The van der Waals surface area contributed by atoms with Gasteiger partial charge in [0.2, 0.25) is 0 Å². The first kappa shape index (κ1) is 12.9. The fourth-order valence-electron chi connectivity index (χ4n) is 1.49. The number of hydrogen-bond donors (Lipinski definition) is 2. The molecule has 0 bridgehead atoms. The Kier molecular flexibility index (Phi) is 4.71. The molecule has 3 nitrogen and oxygen atoms in total. The molecule has 0 radical (unpaired) electrons. The third kappa shape index (κ3) is 3.18. The minimum absolute atomic E-state index is 0.339. The van der Waals surface area contributed by atoms with Gasteiger partial charge in [0.05, 0.1) is 11.7 Å². The number of aryl methyl sites for hydroxylation is 1. The van der Waals surface area contributed by atoms with E-state index in [0.29, 0.717) is 29.8 Å². The summed E-state index contributed by atoms with van der Waals surface area (Å²) < 4.78 is 13.5. The van der Waals surface area contributed by atoms with Crippen molar-refractivity contribution in [2.45, 2.75) is 18.9 Å². The predicted octanol–water partition coefficient (Wildman–Crippen LogP) is 1.98. The lowest BCUT2D eigenvalue weighted by molar-refractivity contribution is -0.109. The molecule has 0 aromatic heterocycles. The lowest BCUT2D eigenvalue weighted by Crippen LogP contribution is -2.22. The van der Waals surface area contributed by atoms with E-state index in [-0.39, 0.29) is 0 Å². The van der Waals surface area contributed by atoms with Crippen molar-refractivity contribution >= 4 is 23.6 Å². The molecule has 0 aliphatic carbocycles. The molecule has 1 aromatic carbocycles. The average Bonchev–Trinajstić information content (AvgIpc) is 2.25. The molecule has 0 saturated carbocycles. The second-order valence-electron chi connectivity index (χ2n) is 3.51. The minimum Gasteiger partial charge on any atom is -0.386 e. The van der Waals surface area contributed by atoms with Crippen LogP contribution in [0.1, 0.15) is 12.0 Å². The largest absolute Gasteiger partial charge is 0.386 e. The second kappa shape index (κ2) is 5.82. The maximum Gasteiger partial charge on any atom is 0.148 e. The molecule has 16 heavy (non-hydrogen) atoms. The van der Waals surface area contributed by atoms with E-state index in [1.165, 1.54) is 6.07 Å². The van der Waals surface area contributed by atoms with Gasteiger partial charge in [-0.3, -0.25) is 0 Å². The smallest absolute Gasteiger partial charge is 0.148 e. The Morgan fingerprint density at radius 3 is 2.88 bits per heavy atom. The van der Waals surface area contributed by atoms with Gasteiger partial charge in [-0.2, -0.15) is 0 Å². The zero-order valence-electron chi connectivity index (χ0n) is 8.97. The lowest BCUT2D eigenvalue weighted by Gasteiger charge is -2.11. The highest BCUT2D eigenvalue weighted by Gasteiger charge is 2.10. The van der Waals surface area contributed by atoms with Crippen LogP contribution in [0.5, 0.6) is 0 Å². The standard InChI is InChI=1S/C11H14ClFN2O/c1-15-11-7(2-3-9(14)6-16)4-8(12)5-10(11)13/h4-6,9,15H,2-3,14H2,1H3. The van der Waals surface area contributed by atoms with Gasteiger partial charge in [-0.25, -0.2) is 4.39 Å². The van der Waals surface area contributed by atoms with E-state index in [1.54, 1.807) is 13.1 Å². The predicted molar refractivity (Wildman–Crippen MR) is 63.3 cm³/mol. The number of nitrogens with two attached hydrogens (primary N) is 1. The topological polar surface area (TPSA) is 55.1 Å². The maximum atomic E-state index is 13.5. The Balaban J connectivity index is 2.89. The number of carbonyl (C=O) groups excluding carboxylic acids is 1. The number of carbonyl (C=O) groups is 1. The van der Waals surface area contributed by atoms with Crippen molar-refractivity contribution in [2.24, 2.45) is 5.73 Å². The fourth-order valence-corrected chi connectivity index (χ4v) is 1.72. The quantitative estimate of drug-likeness (QED) is 0.779. The summed E-state index contributed by atoms with van der Waals surface area (Å²) in [6, 6.07) is 2.40. The molecule has 0 spiro atoms. The summed E-state index contributed by atoms with van der Waals surface area (Å²) >= 11 is 5.76. The maximum absolute atomic E-state index is 13.5. The van der Waals surface area contributed by atoms with Gasteiger partial charge >= 0.3 is 0 Å². The van der Waals surface area contributed by atoms with Gasteiger partial charge in [0.25, 0.3) is 0 Å². The van der Waals surface area contributed by atoms with Crippen LogP contribution < -0.4 is 11.1 Å². The molecule has 1 rings (SSSR count). The normalized spacial score (nSPS) is 12.2. The van der Waals surface area contributed by atoms with Crippen molar-refractivity contribution in [1.82, 2.24) is 0 Å². The first-order chi connectivity index (χ1) is 7.58. The molecule has 0 aliphatic rings. The highest BCUT2D eigenvalue weighted by molar-refractivity contribution is 6.30. The summed E-state index contributed by atoms with van der Waals surface area (Å²) in [6.07, 6.45) is 1.66. The number of benzene rings is 1. The number of halogens is 2. The van der Waals surface area contributed by atoms with Crippen molar-refractivity contribution < 1.29 is 9.18 Å². The number of hydrogen-bond acceptors (Lipinski definition) is 3. The molecule has 0 fully saturated rings. The van der Waals surface area contributed by atoms with Crippen LogP contribution in [0, 0.1) is 5.82 Å². The summed E-state index contributed by atoms with van der Waals surface area (Å²) in [7, 11) is 1.63. The number of nitrogens with one attached hydrogen (secondary N) is 1. The van der Waals surface area contributed by atoms with Crippen molar-refractivity contribution in [2.75, 3.05) is 12.4 Å². The third-order valence-corrected chi connectivity index (χ3v) is 2.53. The fraction of sp³-hybridized carbons (Fsp3) is 0.364. The van der Waals surface area contributed by atoms with E-state index in [9.17, 15) is 9.18 Å². The average molecular weight is 245 g/mol. The van der Waals surface area contributed by atoms with E-state index in [0.717, 1.165) is 5.56 Å². The van der Waals surface area contributed by atoms with Crippen LogP contribution in [-0.4, -0.2) is 19.4 Å². The van der Waals surface area contributed by atoms with E-state index >= 15 is 0 Å². The molecule has 0 amide bonds. The van der Waals surface area contributed by atoms with E-state index < -0.39 is 11.9 Å². The molecular formula is C11H14ClFN2O. The number of aldehydes is 1. The Morgan fingerprint density at radius 2 is 2.31 bits per heavy atom. The van der Waals surface area contributed by atoms with Crippen LogP contribution in [-0.2, 0) is 11.2 Å². The Bertz CT molecular complexity index is 384. The molecular weight excluding hydrogens is 231 g/mol. The highest BCUT2D eigenvalue weighted by Crippen LogP contribution is 2.25. The molecule has 1 atom stereocenters. The summed E-state index contributed by atoms with van der Waals surface area (Å²) in [4.78, 5) is 10.4. The van der Waals surface area contributed by atoms with Gasteiger partial charge in [0, 0.05) is 12.1 Å². The highest BCUT2D eigenvalue weighted by atomic mass is 35.5. The first-order valence-corrected chi connectivity index (χ1v) is 5.32. The Hall–Kier alpha value is -1.13. The van der Waals surface area contributed by atoms with Crippen molar-refractivity contribution in [3.8, 4) is 0 Å². The van der Waals surface area contributed by atoms with E-state index in [4.69, 9.17) is 17.3 Å². The van der Waals surface area contributed by atoms with Gasteiger partial charge in [-0.15, -0.1) is 0 Å². The van der Waals surface area contributed by atoms with Crippen LogP contribution in [0.3, 0.4) is 0 Å².